The molecule has 0 atom stereocenters. The fraction of sp³-hybridized carbons (Fsp3) is 0.176. The highest BCUT2D eigenvalue weighted by Gasteiger charge is 2.51. The highest BCUT2D eigenvalue weighted by molar-refractivity contribution is 6.62. The van der Waals surface area contributed by atoms with Gasteiger partial charge in [0.05, 0.1) is 22.4 Å². The Hall–Kier alpha value is -4.06. The zero-order valence-electron chi connectivity index (χ0n) is 22.6. The van der Waals surface area contributed by atoms with Crippen LogP contribution >= 0.6 is 0 Å². The zero-order valence-corrected chi connectivity index (χ0v) is 22.6. The minimum atomic E-state index is -0.404. The standard InChI is InChI=1S/C34H29BN2O2/c1-33(2)34(3,4)39-35(38-33)25-19-17-22(18-20-25)32-36-29-16-10-9-15-28(29)31(37-32)30-26-13-7-5-11-23(26)21-24-12-6-8-14-27(24)30/h5-21H,1-4H3. The third-order valence-corrected chi connectivity index (χ3v) is 8.31. The summed E-state index contributed by atoms with van der Waals surface area (Å²) >= 11 is 0. The van der Waals surface area contributed by atoms with Crippen molar-refractivity contribution in [3.05, 3.63) is 103 Å². The van der Waals surface area contributed by atoms with E-state index in [9.17, 15) is 0 Å². The second-order valence-corrected chi connectivity index (χ2v) is 11.3. The van der Waals surface area contributed by atoms with Crippen LogP contribution in [0, 0.1) is 0 Å². The average Bonchev–Trinajstić information content (AvgIpc) is 3.17. The second kappa shape index (κ2) is 8.73. The van der Waals surface area contributed by atoms with Crippen LogP contribution in [0.2, 0.25) is 0 Å². The Bertz CT molecular complexity index is 1810. The number of para-hydroxylation sites is 1. The summed E-state index contributed by atoms with van der Waals surface area (Å²) in [6, 6.07) is 35.9. The minimum absolute atomic E-state index is 0.381. The summed E-state index contributed by atoms with van der Waals surface area (Å²) in [4.78, 5) is 10.2. The predicted molar refractivity (Wildman–Crippen MR) is 161 cm³/mol. The first-order chi connectivity index (χ1) is 18.8. The zero-order chi connectivity index (χ0) is 26.8. The fourth-order valence-corrected chi connectivity index (χ4v) is 5.43. The van der Waals surface area contributed by atoms with Crippen molar-refractivity contribution in [1.29, 1.82) is 0 Å². The summed E-state index contributed by atoms with van der Waals surface area (Å²) in [6.45, 7) is 8.29. The van der Waals surface area contributed by atoms with Crippen molar-refractivity contribution in [2.24, 2.45) is 0 Å². The van der Waals surface area contributed by atoms with Crippen molar-refractivity contribution in [2.45, 2.75) is 38.9 Å². The predicted octanol–water partition coefficient (Wildman–Crippen LogP) is 7.57. The monoisotopic (exact) mass is 508 g/mol. The number of aromatic nitrogens is 2. The van der Waals surface area contributed by atoms with Gasteiger partial charge in [0.25, 0.3) is 0 Å². The number of hydrogen-bond donors (Lipinski definition) is 0. The molecule has 7 rings (SSSR count). The molecule has 190 valence electrons. The van der Waals surface area contributed by atoms with Gasteiger partial charge in [0.2, 0.25) is 0 Å². The van der Waals surface area contributed by atoms with Gasteiger partial charge in [-0.2, -0.15) is 0 Å². The lowest BCUT2D eigenvalue weighted by Crippen LogP contribution is -2.41. The molecule has 1 saturated heterocycles. The van der Waals surface area contributed by atoms with Crippen molar-refractivity contribution >= 4 is 45.0 Å². The molecule has 2 heterocycles. The smallest absolute Gasteiger partial charge is 0.399 e. The summed E-state index contributed by atoms with van der Waals surface area (Å²) in [5.41, 5.74) is 4.17. The van der Waals surface area contributed by atoms with Crippen LogP contribution in [0.3, 0.4) is 0 Å². The van der Waals surface area contributed by atoms with Gasteiger partial charge in [0, 0.05) is 16.5 Å². The Morgan fingerprint density at radius 1 is 0.590 bits per heavy atom. The number of rotatable bonds is 3. The first kappa shape index (κ1) is 24.0. The lowest BCUT2D eigenvalue weighted by atomic mass is 9.79. The highest BCUT2D eigenvalue weighted by atomic mass is 16.7. The van der Waals surface area contributed by atoms with Crippen molar-refractivity contribution in [3.63, 3.8) is 0 Å². The lowest BCUT2D eigenvalue weighted by molar-refractivity contribution is 0.00578. The highest BCUT2D eigenvalue weighted by Crippen LogP contribution is 2.39. The maximum atomic E-state index is 6.26. The SMILES string of the molecule is CC1(C)OB(c2ccc(-c3nc(-c4c5ccccc5cc5ccccc45)c4ccccc4n3)cc2)OC1(C)C. The molecule has 6 aromatic rings. The molecule has 0 radical (unpaired) electrons. The van der Waals surface area contributed by atoms with E-state index < -0.39 is 7.12 Å². The molecule has 4 nitrogen and oxygen atoms in total. The van der Waals surface area contributed by atoms with Crippen LogP contribution in [0.4, 0.5) is 0 Å². The van der Waals surface area contributed by atoms with Crippen LogP contribution in [0.1, 0.15) is 27.7 Å². The van der Waals surface area contributed by atoms with Crippen LogP contribution in [-0.2, 0) is 9.31 Å². The molecule has 1 fully saturated rings. The average molecular weight is 508 g/mol. The molecular formula is C34H29BN2O2. The van der Waals surface area contributed by atoms with Crippen LogP contribution in [-0.4, -0.2) is 28.3 Å². The third kappa shape index (κ3) is 3.92. The minimum Gasteiger partial charge on any atom is -0.399 e. The molecule has 0 spiro atoms. The van der Waals surface area contributed by atoms with E-state index in [1.165, 1.54) is 21.5 Å². The maximum absolute atomic E-state index is 6.26. The Morgan fingerprint density at radius 2 is 1.13 bits per heavy atom. The van der Waals surface area contributed by atoms with Gasteiger partial charge in [-0.25, -0.2) is 9.97 Å². The number of hydrogen-bond acceptors (Lipinski definition) is 4. The Balaban J connectivity index is 1.40. The molecule has 1 aliphatic rings. The van der Waals surface area contributed by atoms with Gasteiger partial charge >= 0.3 is 7.12 Å². The van der Waals surface area contributed by atoms with E-state index in [1.54, 1.807) is 0 Å². The molecule has 0 N–H and O–H groups in total. The van der Waals surface area contributed by atoms with Gasteiger partial charge in [-0.15, -0.1) is 0 Å². The van der Waals surface area contributed by atoms with Gasteiger partial charge in [-0.3, -0.25) is 0 Å². The maximum Gasteiger partial charge on any atom is 0.494 e. The number of nitrogens with zero attached hydrogens (tertiary/aromatic N) is 2. The lowest BCUT2D eigenvalue weighted by Gasteiger charge is -2.32. The quantitative estimate of drug-likeness (QED) is 0.183. The first-order valence-corrected chi connectivity index (χ1v) is 13.4. The molecule has 5 aromatic carbocycles. The summed E-state index contributed by atoms with van der Waals surface area (Å²) in [7, 11) is -0.404. The Kier molecular flexibility index (Phi) is 5.38. The molecule has 0 amide bonds. The summed E-state index contributed by atoms with van der Waals surface area (Å²) in [5.74, 6) is 0.696. The van der Waals surface area contributed by atoms with Crippen LogP contribution in [0.15, 0.2) is 103 Å². The molecule has 0 aliphatic carbocycles. The van der Waals surface area contributed by atoms with Gasteiger partial charge in [-0.05, 0) is 66.8 Å². The van der Waals surface area contributed by atoms with E-state index in [4.69, 9.17) is 19.3 Å². The summed E-state index contributed by atoms with van der Waals surface area (Å²) in [5, 5.41) is 5.80. The van der Waals surface area contributed by atoms with Gasteiger partial charge < -0.3 is 9.31 Å². The van der Waals surface area contributed by atoms with Gasteiger partial charge in [-0.1, -0.05) is 91.0 Å². The first-order valence-electron chi connectivity index (χ1n) is 13.4. The molecule has 0 bridgehead atoms. The van der Waals surface area contributed by atoms with Crippen molar-refractivity contribution in [3.8, 4) is 22.6 Å². The van der Waals surface area contributed by atoms with E-state index in [0.717, 1.165) is 33.2 Å². The Labute approximate surface area is 228 Å². The van der Waals surface area contributed by atoms with E-state index in [1.807, 2.05) is 6.07 Å². The summed E-state index contributed by atoms with van der Waals surface area (Å²) in [6.07, 6.45) is 0. The van der Waals surface area contributed by atoms with E-state index in [2.05, 4.69) is 125 Å². The molecule has 1 aromatic heterocycles. The van der Waals surface area contributed by atoms with E-state index >= 15 is 0 Å². The molecular weight excluding hydrogens is 479 g/mol. The molecule has 1 aliphatic heterocycles. The fourth-order valence-electron chi connectivity index (χ4n) is 5.43. The second-order valence-electron chi connectivity index (χ2n) is 11.3. The van der Waals surface area contributed by atoms with Crippen LogP contribution in [0.5, 0.6) is 0 Å². The van der Waals surface area contributed by atoms with E-state index in [-0.39, 0.29) is 11.2 Å². The Morgan fingerprint density at radius 3 is 1.74 bits per heavy atom. The van der Waals surface area contributed by atoms with Crippen molar-refractivity contribution < 1.29 is 9.31 Å². The molecule has 39 heavy (non-hydrogen) atoms. The van der Waals surface area contributed by atoms with Crippen molar-refractivity contribution in [1.82, 2.24) is 9.97 Å². The number of benzene rings is 5. The molecule has 0 saturated carbocycles. The normalized spacial score (nSPS) is 16.4. The number of fused-ring (bicyclic) bond motifs is 3. The van der Waals surface area contributed by atoms with Gasteiger partial charge in [0.15, 0.2) is 5.82 Å². The van der Waals surface area contributed by atoms with Crippen LogP contribution < -0.4 is 5.46 Å². The topological polar surface area (TPSA) is 44.2 Å². The largest absolute Gasteiger partial charge is 0.494 e. The summed E-state index contributed by atoms with van der Waals surface area (Å²) < 4.78 is 12.5. The van der Waals surface area contributed by atoms with Gasteiger partial charge in [0.1, 0.15) is 0 Å². The molecule has 0 unspecified atom stereocenters. The van der Waals surface area contributed by atoms with E-state index in [0.29, 0.717) is 5.82 Å². The van der Waals surface area contributed by atoms with Crippen LogP contribution in [0.25, 0.3) is 55.1 Å². The third-order valence-electron chi connectivity index (χ3n) is 8.31. The van der Waals surface area contributed by atoms with Crippen molar-refractivity contribution in [2.75, 3.05) is 0 Å². The molecule has 5 heteroatoms.